The van der Waals surface area contributed by atoms with Crippen molar-refractivity contribution in [3.8, 4) is 0 Å². The highest BCUT2D eigenvalue weighted by molar-refractivity contribution is 7.78. The van der Waals surface area contributed by atoms with E-state index in [1.807, 2.05) is 0 Å². The van der Waals surface area contributed by atoms with Crippen molar-refractivity contribution in [3.63, 3.8) is 0 Å². The van der Waals surface area contributed by atoms with Crippen molar-refractivity contribution in [1.29, 1.82) is 0 Å². The van der Waals surface area contributed by atoms with E-state index in [1.165, 1.54) is 28.8 Å². The van der Waals surface area contributed by atoms with Gasteiger partial charge in [0.25, 0.3) is 0 Å². The first-order chi connectivity index (χ1) is 5.79. The fourth-order valence-corrected chi connectivity index (χ4v) is 2.27. The summed E-state index contributed by atoms with van der Waals surface area (Å²) in [6.07, 6.45) is 1.33. The molecule has 0 unspecified atom stereocenters. The van der Waals surface area contributed by atoms with Gasteiger partial charge in [0.2, 0.25) is 0 Å². The second-order valence-corrected chi connectivity index (χ2v) is 4.68. The summed E-state index contributed by atoms with van der Waals surface area (Å²) in [4.78, 5) is 1.44. The molecule has 1 aromatic carbocycles. The van der Waals surface area contributed by atoms with Crippen molar-refractivity contribution in [2.45, 2.75) is 25.2 Å². The largest absolute Gasteiger partial charge is 0.152 e. The van der Waals surface area contributed by atoms with Crippen LogP contribution >= 0.6 is 0 Å². The van der Waals surface area contributed by atoms with Gasteiger partial charge < -0.3 is 0 Å². The predicted molar refractivity (Wildman–Crippen MR) is 57.8 cm³/mol. The van der Waals surface area contributed by atoms with Crippen molar-refractivity contribution in [3.05, 3.63) is 30.3 Å². The van der Waals surface area contributed by atoms with E-state index in [-0.39, 0.29) is 0 Å². The van der Waals surface area contributed by atoms with Crippen molar-refractivity contribution in [2.75, 3.05) is 5.75 Å². The maximum Gasteiger partial charge on any atom is 0.152 e. The standard InChI is InChI=1S/C11H16S/c1-10(2)8-9-12-11-6-4-3-5-7-11/h3-7,10H,8-9H2,1-2H3/p+1. The summed E-state index contributed by atoms with van der Waals surface area (Å²) in [5, 5.41) is 0. The summed E-state index contributed by atoms with van der Waals surface area (Å²) < 4.78 is 0. The van der Waals surface area contributed by atoms with E-state index in [4.69, 9.17) is 0 Å². The molecule has 0 aromatic heterocycles. The van der Waals surface area contributed by atoms with E-state index in [0.717, 1.165) is 5.92 Å². The Balaban J connectivity index is 2.25. The van der Waals surface area contributed by atoms with Crippen LogP contribution in [0.1, 0.15) is 20.3 Å². The van der Waals surface area contributed by atoms with Gasteiger partial charge in [-0.3, -0.25) is 0 Å². The second kappa shape index (κ2) is 5.26. The van der Waals surface area contributed by atoms with Crippen molar-refractivity contribution < 1.29 is 0 Å². The zero-order valence-electron chi connectivity index (χ0n) is 7.83. The zero-order chi connectivity index (χ0) is 8.81. The Kier molecular flexibility index (Phi) is 4.23. The Morgan fingerprint density at radius 3 is 2.42 bits per heavy atom. The Morgan fingerprint density at radius 2 is 1.83 bits per heavy atom. The van der Waals surface area contributed by atoms with E-state index in [2.05, 4.69) is 44.2 Å². The van der Waals surface area contributed by atoms with Gasteiger partial charge in [0.05, 0.1) is 0 Å². The van der Waals surface area contributed by atoms with Crippen molar-refractivity contribution in [2.24, 2.45) is 5.92 Å². The molecule has 0 bridgehead atoms. The first-order valence-corrected chi connectivity index (χ1v) is 5.59. The number of hydrogen-bond acceptors (Lipinski definition) is 0. The molecule has 0 aliphatic heterocycles. The Morgan fingerprint density at radius 1 is 1.17 bits per heavy atom. The molecule has 0 aliphatic rings. The van der Waals surface area contributed by atoms with E-state index in [1.54, 1.807) is 0 Å². The van der Waals surface area contributed by atoms with Crippen LogP contribution in [0.3, 0.4) is 0 Å². The molecular formula is C11H17S+. The predicted octanol–water partition coefficient (Wildman–Crippen LogP) is 2.91. The molecule has 66 valence electrons. The van der Waals surface area contributed by atoms with Gasteiger partial charge in [-0.05, 0) is 24.5 Å². The molecule has 0 N–H and O–H groups in total. The smallest absolute Gasteiger partial charge is 0.0626 e. The van der Waals surface area contributed by atoms with Crippen LogP contribution in [0.2, 0.25) is 0 Å². The average molecular weight is 181 g/mol. The lowest BCUT2D eigenvalue weighted by Crippen LogP contribution is -1.95. The maximum absolute atomic E-state index is 2.28. The van der Waals surface area contributed by atoms with Gasteiger partial charge in [0, 0.05) is 11.8 Å². The average Bonchev–Trinajstić information content (AvgIpc) is 2.05. The molecule has 0 amide bonds. The zero-order valence-corrected chi connectivity index (χ0v) is 8.72. The van der Waals surface area contributed by atoms with Crippen LogP contribution in [-0.2, 0) is 11.8 Å². The number of hydrogen-bond donors (Lipinski definition) is 0. The lowest BCUT2D eigenvalue weighted by Gasteiger charge is -1.97. The van der Waals surface area contributed by atoms with Gasteiger partial charge in [-0.1, -0.05) is 32.0 Å². The SMILES string of the molecule is CC(C)CC[SH+]c1ccccc1. The Hall–Kier alpha value is -0.430. The molecule has 0 saturated heterocycles. The molecule has 0 saturated carbocycles. The molecule has 0 aliphatic carbocycles. The highest BCUT2D eigenvalue weighted by Gasteiger charge is 2.02. The van der Waals surface area contributed by atoms with Gasteiger partial charge >= 0.3 is 0 Å². The topological polar surface area (TPSA) is 0 Å². The van der Waals surface area contributed by atoms with Gasteiger partial charge in [0.15, 0.2) is 4.90 Å². The fourth-order valence-electron chi connectivity index (χ4n) is 0.985. The van der Waals surface area contributed by atoms with Crippen molar-refractivity contribution in [1.82, 2.24) is 0 Å². The first-order valence-electron chi connectivity index (χ1n) is 4.51. The molecule has 1 aromatic rings. The summed E-state index contributed by atoms with van der Waals surface area (Å²) in [5.41, 5.74) is 0. The van der Waals surface area contributed by atoms with E-state index in [9.17, 15) is 0 Å². The molecule has 0 nitrogen and oxygen atoms in total. The van der Waals surface area contributed by atoms with E-state index < -0.39 is 0 Å². The number of rotatable bonds is 4. The van der Waals surface area contributed by atoms with Gasteiger partial charge in [-0.2, -0.15) is 0 Å². The molecule has 0 atom stereocenters. The molecule has 0 fully saturated rings. The van der Waals surface area contributed by atoms with Crippen LogP contribution < -0.4 is 0 Å². The fraction of sp³-hybridized carbons (Fsp3) is 0.455. The summed E-state index contributed by atoms with van der Waals surface area (Å²) in [6, 6.07) is 10.7. The summed E-state index contributed by atoms with van der Waals surface area (Å²) in [6.45, 7) is 4.56. The van der Waals surface area contributed by atoms with Crippen LogP contribution in [0, 0.1) is 5.92 Å². The van der Waals surface area contributed by atoms with Crippen LogP contribution in [0.15, 0.2) is 35.2 Å². The lowest BCUT2D eigenvalue weighted by atomic mass is 10.2. The number of thiol groups is 1. The summed E-state index contributed by atoms with van der Waals surface area (Å²) in [5.74, 6) is 2.13. The Bertz CT molecular complexity index is 204. The molecule has 12 heavy (non-hydrogen) atoms. The minimum atomic E-state index is 0.834. The van der Waals surface area contributed by atoms with Gasteiger partial charge in [0.1, 0.15) is 5.75 Å². The first kappa shape index (κ1) is 9.66. The minimum Gasteiger partial charge on any atom is -0.0626 e. The summed E-state index contributed by atoms with van der Waals surface area (Å²) in [7, 11) is 0. The molecule has 0 radical (unpaired) electrons. The lowest BCUT2D eigenvalue weighted by molar-refractivity contribution is 0.631. The van der Waals surface area contributed by atoms with Crippen LogP contribution in [0.4, 0.5) is 0 Å². The van der Waals surface area contributed by atoms with Gasteiger partial charge in [-0.25, -0.2) is 0 Å². The van der Waals surface area contributed by atoms with Crippen LogP contribution in [0.5, 0.6) is 0 Å². The molecule has 1 heteroatoms. The maximum atomic E-state index is 2.28. The summed E-state index contributed by atoms with van der Waals surface area (Å²) >= 11 is 1.47. The van der Waals surface area contributed by atoms with E-state index in [0.29, 0.717) is 0 Å². The normalized spacial score (nSPS) is 10.6. The van der Waals surface area contributed by atoms with Crippen molar-refractivity contribution >= 4 is 11.8 Å². The molecular weight excluding hydrogens is 164 g/mol. The highest BCUT2D eigenvalue weighted by Crippen LogP contribution is 2.06. The van der Waals surface area contributed by atoms with Gasteiger partial charge in [-0.15, -0.1) is 0 Å². The third-order valence-corrected chi connectivity index (χ3v) is 2.90. The molecule has 1 rings (SSSR count). The quantitative estimate of drug-likeness (QED) is 0.495. The Labute approximate surface area is 79.4 Å². The van der Waals surface area contributed by atoms with Crippen LogP contribution in [0.25, 0.3) is 0 Å². The second-order valence-electron chi connectivity index (χ2n) is 3.40. The third-order valence-electron chi connectivity index (χ3n) is 1.76. The monoisotopic (exact) mass is 181 g/mol. The molecule has 0 spiro atoms. The molecule has 0 heterocycles. The van der Waals surface area contributed by atoms with Crippen LogP contribution in [-0.4, -0.2) is 5.75 Å². The minimum absolute atomic E-state index is 0.834. The third kappa shape index (κ3) is 3.82. The van der Waals surface area contributed by atoms with E-state index >= 15 is 0 Å². The number of benzene rings is 1. The highest BCUT2D eigenvalue weighted by atomic mass is 32.2.